The summed E-state index contributed by atoms with van der Waals surface area (Å²) in [6.07, 6.45) is 2.98. The van der Waals surface area contributed by atoms with Crippen LogP contribution < -0.4 is 5.32 Å². The number of fused-ring (bicyclic) bond motifs is 1. The fourth-order valence-electron chi connectivity index (χ4n) is 4.39. The van der Waals surface area contributed by atoms with Crippen molar-refractivity contribution in [3.8, 4) is 6.07 Å². The summed E-state index contributed by atoms with van der Waals surface area (Å²) in [4.78, 5) is 16.3. The number of carbonyl (C=O) groups excluding carboxylic acids is 1. The molecule has 2 aliphatic rings. The lowest BCUT2D eigenvalue weighted by Crippen LogP contribution is -2.36. The van der Waals surface area contributed by atoms with Gasteiger partial charge in [0.25, 0.3) is 0 Å². The molecule has 10 heteroatoms. The van der Waals surface area contributed by atoms with Crippen molar-refractivity contribution < 1.29 is 9.53 Å². The molecule has 1 N–H and O–H groups in total. The van der Waals surface area contributed by atoms with Crippen molar-refractivity contribution in [2.45, 2.75) is 51.7 Å². The molecule has 0 saturated carbocycles. The number of amides is 1. The van der Waals surface area contributed by atoms with E-state index in [0.29, 0.717) is 21.6 Å². The molecule has 2 aromatic heterocycles. The van der Waals surface area contributed by atoms with Crippen molar-refractivity contribution in [1.29, 1.82) is 5.26 Å². The Morgan fingerprint density at radius 1 is 1.33 bits per heavy atom. The van der Waals surface area contributed by atoms with E-state index in [-0.39, 0.29) is 17.1 Å². The lowest BCUT2D eigenvalue weighted by Gasteiger charge is -2.33. The standard InChI is InChI=1S/C23H32N6O2S2/c1-23(2,3)15-5-6-16-17(12-24)21(33-18(16)11-15)25-20(30)14-32-22-27-26-19(28(22)4)13-29-7-9-31-10-8-29/h15H,5-11,13-14H2,1-4H3,(H,25,30)/t15-/m0/s1. The number of aromatic nitrogens is 3. The van der Waals surface area contributed by atoms with Gasteiger partial charge in [-0.1, -0.05) is 32.5 Å². The summed E-state index contributed by atoms with van der Waals surface area (Å²) in [7, 11) is 1.93. The number of nitriles is 1. The molecule has 1 saturated heterocycles. The molecule has 33 heavy (non-hydrogen) atoms. The van der Waals surface area contributed by atoms with Gasteiger partial charge in [0.05, 0.1) is 31.1 Å². The summed E-state index contributed by atoms with van der Waals surface area (Å²) in [6, 6.07) is 2.34. The summed E-state index contributed by atoms with van der Waals surface area (Å²) in [5, 5.41) is 22.7. The molecule has 0 radical (unpaired) electrons. The van der Waals surface area contributed by atoms with E-state index in [1.54, 1.807) is 11.3 Å². The van der Waals surface area contributed by atoms with Gasteiger partial charge in [0.2, 0.25) is 5.91 Å². The molecular weight excluding hydrogens is 456 g/mol. The molecule has 0 aromatic carbocycles. The summed E-state index contributed by atoms with van der Waals surface area (Å²) >= 11 is 2.94. The van der Waals surface area contributed by atoms with Crippen LogP contribution >= 0.6 is 23.1 Å². The zero-order chi connectivity index (χ0) is 23.6. The SMILES string of the molecule is Cn1c(CN2CCOCC2)nnc1SCC(=O)Nc1sc2c(c1C#N)CC[C@H](C(C)(C)C)C2. The van der Waals surface area contributed by atoms with Crippen LogP contribution in [0.25, 0.3) is 0 Å². The van der Waals surface area contributed by atoms with Gasteiger partial charge in [-0.2, -0.15) is 5.26 Å². The Hall–Kier alpha value is -1.93. The van der Waals surface area contributed by atoms with E-state index in [0.717, 1.165) is 63.5 Å². The minimum atomic E-state index is -0.125. The Morgan fingerprint density at radius 2 is 2.09 bits per heavy atom. The largest absolute Gasteiger partial charge is 0.379 e. The van der Waals surface area contributed by atoms with Crippen molar-refractivity contribution in [2.75, 3.05) is 37.4 Å². The fraction of sp³-hybridized carbons (Fsp3) is 0.652. The maximum absolute atomic E-state index is 12.7. The van der Waals surface area contributed by atoms with Gasteiger partial charge in [-0.3, -0.25) is 9.69 Å². The Bertz CT molecular complexity index is 1040. The number of nitrogens with one attached hydrogen (secondary N) is 1. The monoisotopic (exact) mass is 488 g/mol. The molecular formula is C23H32N6O2S2. The van der Waals surface area contributed by atoms with Crippen molar-refractivity contribution in [3.63, 3.8) is 0 Å². The van der Waals surface area contributed by atoms with E-state index in [9.17, 15) is 10.1 Å². The van der Waals surface area contributed by atoms with E-state index in [4.69, 9.17) is 4.74 Å². The highest BCUT2D eigenvalue weighted by Gasteiger charge is 2.32. The number of carbonyl (C=O) groups is 1. The van der Waals surface area contributed by atoms with Crippen LogP contribution in [0.1, 0.15) is 49.0 Å². The first kappa shape index (κ1) is 24.2. The average molecular weight is 489 g/mol. The van der Waals surface area contributed by atoms with Gasteiger partial charge in [-0.25, -0.2) is 0 Å². The van der Waals surface area contributed by atoms with Gasteiger partial charge in [0.1, 0.15) is 16.9 Å². The highest BCUT2D eigenvalue weighted by Crippen LogP contribution is 2.44. The Labute approximate surface area is 203 Å². The lowest BCUT2D eigenvalue weighted by molar-refractivity contribution is -0.113. The number of morpholine rings is 1. The first-order chi connectivity index (χ1) is 15.8. The quantitative estimate of drug-likeness (QED) is 0.622. The number of thioether (sulfide) groups is 1. The number of ether oxygens (including phenoxy) is 1. The summed E-state index contributed by atoms with van der Waals surface area (Å²) in [6.45, 7) is 10.8. The van der Waals surface area contributed by atoms with E-state index >= 15 is 0 Å². The maximum atomic E-state index is 12.7. The zero-order valence-electron chi connectivity index (χ0n) is 19.8. The second-order valence-corrected chi connectivity index (χ2v) is 11.9. The first-order valence-corrected chi connectivity index (χ1v) is 13.2. The summed E-state index contributed by atoms with van der Waals surface area (Å²) < 4.78 is 7.35. The number of thiophene rings is 1. The zero-order valence-corrected chi connectivity index (χ0v) is 21.4. The molecule has 4 rings (SSSR count). The number of nitrogens with zero attached hydrogens (tertiary/aromatic N) is 5. The molecule has 0 bridgehead atoms. The van der Waals surface area contributed by atoms with Crippen molar-refractivity contribution in [2.24, 2.45) is 18.4 Å². The third-order valence-corrected chi connectivity index (χ3v) is 8.77. The second kappa shape index (κ2) is 10.1. The molecule has 178 valence electrons. The first-order valence-electron chi connectivity index (χ1n) is 11.4. The van der Waals surface area contributed by atoms with Gasteiger partial charge >= 0.3 is 0 Å². The van der Waals surface area contributed by atoms with Crippen molar-refractivity contribution in [1.82, 2.24) is 19.7 Å². The topological polar surface area (TPSA) is 96.1 Å². The van der Waals surface area contributed by atoms with Crippen LogP contribution in [0.2, 0.25) is 0 Å². The normalized spacial score (nSPS) is 19.2. The van der Waals surface area contributed by atoms with Crippen LogP contribution in [0.5, 0.6) is 0 Å². The van der Waals surface area contributed by atoms with E-state index in [2.05, 4.69) is 47.3 Å². The molecule has 3 heterocycles. The van der Waals surface area contributed by atoms with Crippen LogP contribution in [0.3, 0.4) is 0 Å². The minimum absolute atomic E-state index is 0.125. The summed E-state index contributed by atoms with van der Waals surface area (Å²) in [5.41, 5.74) is 2.02. The van der Waals surface area contributed by atoms with Crippen LogP contribution in [-0.2, 0) is 36.0 Å². The molecule has 1 aliphatic carbocycles. The van der Waals surface area contributed by atoms with Crippen LogP contribution in [-0.4, -0.2) is 57.6 Å². The predicted octanol–water partition coefficient (Wildman–Crippen LogP) is 3.46. The van der Waals surface area contributed by atoms with Crippen LogP contribution in [0, 0.1) is 22.7 Å². The number of anilines is 1. The van der Waals surface area contributed by atoms with Gasteiger partial charge in [0.15, 0.2) is 5.16 Å². The summed E-state index contributed by atoms with van der Waals surface area (Å²) in [5.74, 6) is 1.57. The molecule has 2 aromatic rings. The lowest BCUT2D eigenvalue weighted by atomic mass is 9.72. The Balaban J connectivity index is 1.36. The molecule has 1 amide bonds. The second-order valence-electron chi connectivity index (χ2n) is 9.81. The van der Waals surface area contributed by atoms with Gasteiger partial charge in [-0.05, 0) is 36.2 Å². The third kappa shape index (κ3) is 5.60. The van der Waals surface area contributed by atoms with E-state index in [1.807, 2.05) is 11.6 Å². The van der Waals surface area contributed by atoms with Crippen LogP contribution in [0.15, 0.2) is 5.16 Å². The van der Waals surface area contributed by atoms with Crippen LogP contribution in [0.4, 0.5) is 5.00 Å². The molecule has 1 aliphatic heterocycles. The number of rotatable bonds is 6. The molecule has 1 fully saturated rings. The predicted molar refractivity (Wildman–Crippen MR) is 130 cm³/mol. The Kier molecular flexibility index (Phi) is 7.43. The fourth-order valence-corrected chi connectivity index (χ4v) is 6.42. The van der Waals surface area contributed by atoms with Crippen molar-refractivity contribution >= 4 is 34.0 Å². The molecule has 0 spiro atoms. The van der Waals surface area contributed by atoms with Crippen molar-refractivity contribution in [3.05, 3.63) is 21.8 Å². The molecule has 1 atom stereocenters. The van der Waals surface area contributed by atoms with Gasteiger partial charge in [0, 0.05) is 25.0 Å². The smallest absolute Gasteiger partial charge is 0.235 e. The van der Waals surface area contributed by atoms with Gasteiger partial charge < -0.3 is 14.6 Å². The average Bonchev–Trinajstić information content (AvgIpc) is 3.31. The maximum Gasteiger partial charge on any atom is 0.235 e. The minimum Gasteiger partial charge on any atom is -0.379 e. The number of hydrogen-bond donors (Lipinski definition) is 1. The van der Waals surface area contributed by atoms with Gasteiger partial charge in [-0.15, -0.1) is 21.5 Å². The number of hydrogen-bond acceptors (Lipinski definition) is 8. The third-order valence-electron chi connectivity index (χ3n) is 6.58. The van der Waals surface area contributed by atoms with E-state index < -0.39 is 0 Å². The highest BCUT2D eigenvalue weighted by atomic mass is 32.2. The molecule has 0 unspecified atom stereocenters. The van der Waals surface area contributed by atoms with E-state index in [1.165, 1.54) is 16.6 Å². The molecule has 8 nitrogen and oxygen atoms in total. The Morgan fingerprint density at radius 3 is 2.79 bits per heavy atom. The highest BCUT2D eigenvalue weighted by molar-refractivity contribution is 7.99.